The number of hydrogen-bond acceptors (Lipinski definition) is 14. The SMILES string of the molecule is CCC(OC(=O)c1ccccc1)(C(C)C(C)C)C(C)(C)OC(=O)c1ccccc1.CCCC(CC(C)C)(OC(=O)c1ccccc1)C(C)(C)OC(=O)c1ccccc1.CCCC(O)(CC(C)(C)C)C(C)(C)O.CCCC(OC(=O)c1ccccc1)(C(C)(C)CC)C(C)(C)OC(=O)c1ccccc1. The number of esters is 6. The van der Waals surface area contributed by atoms with Gasteiger partial charge in [0.25, 0.3) is 0 Å². The Morgan fingerprint density at radius 3 is 0.922 bits per heavy atom. The van der Waals surface area contributed by atoms with Crippen LogP contribution in [-0.4, -0.2) is 90.8 Å². The first kappa shape index (κ1) is 88.3. The molecule has 6 rings (SSSR count). The summed E-state index contributed by atoms with van der Waals surface area (Å²) < 4.78 is 36.6. The van der Waals surface area contributed by atoms with Crippen LogP contribution in [0.5, 0.6) is 0 Å². The quantitative estimate of drug-likeness (QED) is 0.0319. The number of carbonyl (C=O) groups is 6. The van der Waals surface area contributed by atoms with E-state index in [1.165, 1.54) is 0 Å². The number of benzene rings is 6. The van der Waals surface area contributed by atoms with Crippen molar-refractivity contribution in [3.05, 3.63) is 215 Å². The smallest absolute Gasteiger partial charge is 0.338 e. The molecule has 14 heteroatoms. The lowest BCUT2D eigenvalue weighted by Gasteiger charge is -2.53. The summed E-state index contributed by atoms with van der Waals surface area (Å²) in [5, 5.41) is 20.4. The zero-order chi connectivity index (χ0) is 77.2. The first-order valence-corrected chi connectivity index (χ1v) is 36.6. The maximum Gasteiger partial charge on any atom is 0.338 e. The maximum absolute atomic E-state index is 13.1. The highest BCUT2D eigenvalue weighted by Crippen LogP contribution is 2.51. The average Bonchev–Trinajstić information content (AvgIpc) is 0.737. The lowest BCUT2D eigenvalue weighted by molar-refractivity contribution is -0.200. The molecule has 0 aromatic heterocycles. The molecule has 560 valence electrons. The van der Waals surface area contributed by atoms with Crippen molar-refractivity contribution < 1.29 is 67.4 Å². The predicted molar refractivity (Wildman–Crippen MR) is 409 cm³/mol. The van der Waals surface area contributed by atoms with Gasteiger partial charge in [0.2, 0.25) is 0 Å². The monoisotopic (exact) mass is 1400 g/mol. The molecule has 6 aromatic rings. The van der Waals surface area contributed by atoms with Gasteiger partial charge in [-0.25, -0.2) is 28.8 Å². The summed E-state index contributed by atoms with van der Waals surface area (Å²) in [5.41, 5.74) is -5.58. The number of hydrogen-bond donors (Lipinski definition) is 2. The fraction of sp³-hybridized carbons (Fsp3) is 0.523. The molecule has 0 amide bonds. The molecular weight excluding hydrogens is 1280 g/mol. The van der Waals surface area contributed by atoms with Gasteiger partial charge < -0.3 is 38.6 Å². The largest absolute Gasteiger partial charge is 0.452 e. The summed E-state index contributed by atoms with van der Waals surface area (Å²) in [6, 6.07) is 53.5. The van der Waals surface area contributed by atoms with E-state index < -0.39 is 86.0 Å². The van der Waals surface area contributed by atoms with Crippen LogP contribution >= 0.6 is 0 Å². The number of carbonyl (C=O) groups excluding carboxylic acids is 6. The maximum atomic E-state index is 13.1. The van der Waals surface area contributed by atoms with Crippen molar-refractivity contribution >= 4 is 35.8 Å². The molecule has 0 bridgehead atoms. The third kappa shape index (κ3) is 24.1. The third-order valence-corrected chi connectivity index (χ3v) is 19.9. The number of rotatable bonds is 30. The van der Waals surface area contributed by atoms with E-state index in [2.05, 4.69) is 69.2 Å². The highest BCUT2D eigenvalue weighted by Gasteiger charge is 2.60. The average molecular weight is 1410 g/mol. The molecule has 0 saturated carbocycles. The van der Waals surface area contributed by atoms with E-state index in [-0.39, 0.29) is 23.2 Å². The molecular formula is C88H124O14. The summed E-state index contributed by atoms with van der Waals surface area (Å²) in [6.45, 7) is 45.3. The molecule has 0 aliphatic rings. The van der Waals surface area contributed by atoms with Gasteiger partial charge in [0.05, 0.1) is 44.6 Å². The molecule has 5 atom stereocenters. The first-order chi connectivity index (χ1) is 47.5. The van der Waals surface area contributed by atoms with E-state index >= 15 is 0 Å². The van der Waals surface area contributed by atoms with E-state index in [1.54, 1.807) is 147 Å². The molecule has 102 heavy (non-hydrogen) atoms. The normalized spacial score (nSPS) is 14.6. The summed E-state index contributed by atoms with van der Waals surface area (Å²) >= 11 is 0. The van der Waals surface area contributed by atoms with Crippen LogP contribution in [0, 0.1) is 28.6 Å². The summed E-state index contributed by atoms with van der Waals surface area (Å²) in [5.74, 6) is -2.08. The second kappa shape index (κ2) is 38.5. The Morgan fingerprint density at radius 1 is 0.353 bits per heavy atom. The zero-order valence-electron chi connectivity index (χ0n) is 65.9. The fourth-order valence-corrected chi connectivity index (χ4v) is 13.6. The minimum atomic E-state index is -1.06. The van der Waals surface area contributed by atoms with Gasteiger partial charge in [-0.2, -0.15) is 0 Å². The van der Waals surface area contributed by atoms with E-state index in [4.69, 9.17) is 28.4 Å². The van der Waals surface area contributed by atoms with Crippen molar-refractivity contribution in [2.75, 3.05) is 0 Å². The lowest BCUT2D eigenvalue weighted by atomic mass is 9.62. The van der Waals surface area contributed by atoms with E-state index in [9.17, 15) is 39.0 Å². The number of aliphatic hydroxyl groups is 2. The van der Waals surface area contributed by atoms with Gasteiger partial charge in [-0.05, 0) is 190 Å². The Bertz CT molecular complexity index is 3500. The second-order valence-corrected chi connectivity index (χ2v) is 31.6. The van der Waals surface area contributed by atoms with Gasteiger partial charge in [-0.3, -0.25) is 0 Å². The van der Waals surface area contributed by atoms with Crippen LogP contribution in [0.2, 0.25) is 0 Å². The highest BCUT2D eigenvalue weighted by molar-refractivity contribution is 5.93. The highest BCUT2D eigenvalue weighted by atomic mass is 16.6. The minimum absolute atomic E-state index is 0.0317. The predicted octanol–water partition coefficient (Wildman–Crippen LogP) is 21.2. The summed E-state index contributed by atoms with van der Waals surface area (Å²) in [6.07, 6.45) is 6.75. The summed E-state index contributed by atoms with van der Waals surface area (Å²) in [7, 11) is 0. The van der Waals surface area contributed by atoms with Crippen LogP contribution < -0.4 is 0 Å². The van der Waals surface area contributed by atoms with Gasteiger partial charge in [0.1, 0.15) is 16.8 Å². The number of ether oxygens (including phenoxy) is 6. The molecule has 0 spiro atoms. The molecule has 0 radical (unpaired) electrons. The van der Waals surface area contributed by atoms with E-state index in [1.807, 2.05) is 125 Å². The van der Waals surface area contributed by atoms with Crippen LogP contribution in [0.25, 0.3) is 0 Å². The molecule has 14 nitrogen and oxygen atoms in total. The molecule has 0 saturated heterocycles. The van der Waals surface area contributed by atoms with Gasteiger partial charge in [-0.15, -0.1) is 0 Å². The van der Waals surface area contributed by atoms with Gasteiger partial charge >= 0.3 is 35.8 Å². The van der Waals surface area contributed by atoms with Crippen molar-refractivity contribution in [1.82, 2.24) is 0 Å². The Morgan fingerprint density at radius 2 is 0.647 bits per heavy atom. The van der Waals surface area contributed by atoms with Crippen molar-refractivity contribution in [1.29, 1.82) is 0 Å². The van der Waals surface area contributed by atoms with E-state index in [0.29, 0.717) is 71.9 Å². The van der Waals surface area contributed by atoms with E-state index in [0.717, 1.165) is 25.7 Å². The molecule has 2 N–H and O–H groups in total. The fourth-order valence-electron chi connectivity index (χ4n) is 13.6. The summed E-state index contributed by atoms with van der Waals surface area (Å²) in [4.78, 5) is 77.6. The van der Waals surface area contributed by atoms with Crippen LogP contribution in [0.3, 0.4) is 0 Å². The van der Waals surface area contributed by atoms with Crippen molar-refractivity contribution in [2.24, 2.45) is 28.6 Å². The van der Waals surface area contributed by atoms with Crippen molar-refractivity contribution in [3.8, 4) is 0 Å². The molecule has 0 aliphatic heterocycles. The van der Waals surface area contributed by atoms with Crippen LogP contribution in [0.15, 0.2) is 182 Å². The first-order valence-electron chi connectivity index (χ1n) is 36.6. The Balaban J connectivity index is 0.000000364. The second-order valence-electron chi connectivity index (χ2n) is 31.6. The van der Waals surface area contributed by atoms with Crippen molar-refractivity contribution in [3.63, 3.8) is 0 Å². The molecule has 5 unspecified atom stereocenters. The standard InChI is InChI=1S/C26H34O4.2C25H32O4.C12H26O2/c1-7-19-26(24(3,4)8-2,30-23(28)21-17-13-10-14-18-21)25(5,6)29-22(27)20-15-11-9-12-16-20;1-7-25(19(4)18(2)3,29-23(27)21-16-12-9-13-17-21)24(5,6)28-22(26)20-14-10-8-11-15-20;1-6-17-25(18-19(2)3,29-23(27)21-15-11-8-12-16-21)24(4,5)28-22(26)20-13-9-7-10-14-20;1-7-8-12(14,11(5,6)13)9-10(2,3)4/h9-18H,7-8,19H2,1-6H3;8-19H,7H2,1-6H3;7-16,19H,6,17-18H2,1-5H3;13-14H,7-9H2,1-6H3. The Kier molecular flexibility index (Phi) is 33.4. The van der Waals surface area contributed by atoms with Gasteiger partial charge in [0, 0.05) is 11.3 Å². The molecule has 6 aromatic carbocycles. The zero-order valence-corrected chi connectivity index (χ0v) is 65.9. The Labute approximate surface area is 612 Å². The third-order valence-electron chi connectivity index (χ3n) is 19.9. The van der Waals surface area contributed by atoms with Crippen molar-refractivity contribution in [2.45, 2.75) is 268 Å². The van der Waals surface area contributed by atoms with Gasteiger partial charge in [-0.1, -0.05) is 232 Å². The molecule has 0 fully saturated rings. The lowest BCUT2D eigenvalue weighted by Crippen LogP contribution is -2.63. The molecule has 0 heterocycles. The molecule has 0 aliphatic carbocycles. The van der Waals surface area contributed by atoms with Gasteiger partial charge in [0.15, 0.2) is 16.8 Å². The topological polar surface area (TPSA) is 198 Å². The Hall–Kier alpha value is -7.94. The minimum Gasteiger partial charge on any atom is -0.452 e. The van der Waals surface area contributed by atoms with Crippen LogP contribution in [0.1, 0.15) is 286 Å². The van der Waals surface area contributed by atoms with Crippen LogP contribution in [-0.2, 0) is 28.4 Å². The van der Waals surface area contributed by atoms with Crippen LogP contribution in [0.4, 0.5) is 0 Å².